The van der Waals surface area contributed by atoms with Gasteiger partial charge in [-0.3, -0.25) is 19.9 Å². The Morgan fingerprint density at radius 3 is 2.40 bits per heavy atom. The highest BCUT2D eigenvalue weighted by atomic mass is 32.2. The van der Waals surface area contributed by atoms with Gasteiger partial charge in [0.25, 0.3) is 0 Å². The molecule has 0 unspecified atom stereocenters. The maximum Gasteiger partial charge on any atom is 0.421 e. The van der Waals surface area contributed by atoms with Crippen molar-refractivity contribution < 1.29 is 31.2 Å². The molecule has 0 radical (unpaired) electrons. The second-order valence-electron chi connectivity index (χ2n) is 12.2. The summed E-state index contributed by atoms with van der Waals surface area (Å²) in [6.07, 6.45) is -0.880. The van der Waals surface area contributed by atoms with E-state index in [9.17, 15) is 31.2 Å². The van der Waals surface area contributed by atoms with Crippen molar-refractivity contribution in [3.8, 4) is 0 Å². The minimum absolute atomic E-state index is 0.0307. The molecule has 4 heterocycles. The first-order valence-electron chi connectivity index (χ1n) is 15.8. The van der Waals surface area contributed by atoms with E-state index in [1.165, 1.54) is 23.1 Å². The van der Waals surface area contributed by atoms with E-state index in [0.717, 1.165) is 43.4 Å². The molecule has 0 atom stereocenters. The van der Waals surface area contributed by atoms with E-state index in [4.69, 9.17) is 0 Å². The first-order valence-corrected chi connectivity index (χ1v) is 17.7. The molecule has 0 spiro atoms. The van der Waals surface area contributed by atoms with Gasteiger partial charge in [-0.15, -0.1) is 5.10 Å². The van der Waals surface area contributed by atoms with Gasteiger partial charge in [0.1, 0.15) is 11.4 Å². The molecule has 4 aromatic rings. The van der Waals surface area contributed by atoms with Crippen molar-refractivity contribution in [1.29, 1.82) is 0 Å². The molecule has 2 aliphatic rings. The van der Waals surface area contributed by atoms with Crippen molar-refractivity contribution in [3.63, 3.8) is 0 Å². The van der Waals surface area contributed by atoms with Crippen molar-refractivity contribution in [2.75, 3.05) is 41.4 Å². The van der Waals surface area contributed by atoms with E-state index in [2.05, 4.69) is 41.0 Å². The normalized spacial score (nSPS) is 16.3. The van der Waals surface area contributed by atoms with Gasteiger partial charge in [-0.25, -0.2) is 18.2 Å². The number of rotatable bonds is 10. The lowest BCUT2D eigenvalue weighted by atomic mass is 9.89. The lowest BCUT2D eigenvalue weighted by Crippen LogP contribution is -2.50. The van der Waals surface area contributed by atoms with Gasteiger partial charge in [-0.2, -0.15) is 23.3 Å². The maximum absolute atomic E-state index is 13.8. The first kappa shape index (κ1) is 34.7. The zero-order valence-corrected chi connectivity index (χ0v) is 27.8. The van der Waals surface area contributed by atoms with E-state index in [1.807, 2.05) is 30.3 Å². The van der Waals surface area contributed by atoms with Crippen LogP contribution in [-0.2, 0) is 33.9 Å². The highest BCUT2D eigenvalue weighted by molar-refractivity contribution is 7.90. The van der Waals surface area contributed by atoms with Gasteiger partial charge in [0, 0.05) is 44.2 Å². The second kappa shape index (κ2) is 14.4. The average molecular weight is 710 g/mol. The minimum Gasteiger partial charge on any atom is -0.365 e. The van der Waals surface area contributed by atoms with Crippen LogP contribution in [0.2, 0.25) is 0 Å². The van der Waals surface area contributed by atoms with Crippen LogP contribution in [0.3, 0.4) is 0 Å². The van der Waals surface area contributed by atoms with Gasteiger partial charge in [0.05, 0.1) is 10.6 Å². The van der Waals surface area contributed by atoms with Crippen LogP contribution in [0.15, 0.2) is 71.8 Å². The number of sulfone groups is 1. The third-order valence-electron chi connectivity index (χ3n) is 8.53. The van der Waals surface area contributed by atoms with Gasteiger partial charge in [-0.05, 0) is 79.4 Å². The second-order valence-corrected chi connectivity index (χ2v) is 14.2. The van der Waals surface area contributed by atoms with Crippen molar-refractivity contribution in [2.24, 2.45) is 0 Å². The van der Waals surface area contributed by atoms with Crippen LogP contribution in [0.25, 0.3) is 0 Å². The molecule has 2 aliphatic heterocycles. The lowest BCUT2D eigenvalue weighted by Gasteiger charge is -2.32. The fourth-order valence-corrected chi connectivity index (χ4v) is 6.53. The molecule has 0 aliphatic carbocycles. The van der Waals surface area contributed by atoms with Crippen LogP contribution in [0.5, 0.6) is 0 Å². The summed E-state index contributed by atoms with van der Waals surface area (Å²) in [5.41, 5.74) is 1.96. The van der Waals surface area contributed by atoms with Gasteiger partial charge in [-0.1, -0.05) is 24.3 Å². The molecule has 17 heteroatoms. The summed E-state index contributed by atoms with van der Waals surface area (Å²) in [6.45, 7) is 2.48. The molecule has 3 amide bonds. The number of imide groups is 1. The SMILES string of the molecule is CS(=O)(=O)c1cccc(CNc2nc(Nc3ccc(C4CCN(Cc5ccc(N6CCC(=O)NC6=O)nn5)CC4)cc3)ncc2C(F)(F)F)c1. The fourth-order valence-electron chi connectivity index (χ4n) is 5.84. The van der Waals surface area contributed by atoms with E-state index in [-0.39, 0.29) is 36.3 Å². The number of alkyl halides is 3. The van der Waals surface area contributed by atoms with Crippen LogP contribution in [0.1, 0.15) is 47.6 Å². The minimum atomic E-state index is -4.71. The Labute approximate surface area is 286 Å². The van der Waals surface area contributed by atoms with Gasteiger partial charge in [0.2, 0.25) is 11.9 Å². The van der Waals surface area contributed by atoms with Gasteiger partial charge in [0.15, 0.2) is 15.7 Å². The first-order chi connectivity index (χ1) is 23.8. The van der Waals surface area contributed by atoms with E-state index in [0.29, 0.717) is 35.7 Å². The fraction of sp³-hybridized carbons (Fsp3) is 0.333. The molecule has 0 bridgehead atoms. The molecule has 13 nitrogen and oxygen atoms in total. The van der Waals surface area contributed by atoms with Crippen LogP contribution in [-0.4, -0.2) is 71.3 Å². The predicted molar refractivity (Wildman–Crippen MR) is 178 cm³/mol. The number of carbonyl (C=O) groups excluding carboxylic acids is 2. The van der Waals surface area contributed by atoms with Crippen LogP contribution >= 0.6 is 0 Å². The smallest absolute Gasteiger partial charge is 0.365 e. The summed E-state index contributed by atoms with van der Waals surface area (Å²) in [4.78, 5) is 35.2. The summed E-state index contributed by atoms with van der Waals surface area (Å²) in [5.74, 6) is -0.0489. The Bertz CT molecular complexity index is 1970. The number of amides is 3. The Kier molecular flexibility index (Phi) is 9.97. The molecule has 6 rings (SSSR count). The summed E-state index contributed by atoms with van der Waals surface area (Å²) >= 11 is 0. The number of hydrogen-bond acceptors (Lipinski definition) is 11. The number of anilines is 4. The molecule has 2 fully saturated rings. The number of nitrogens with one attached hydrogen (secondary N) is 3. The summed E-state index contributed by atoms with van der Waals surface area (Å²) in [7, 11) is -3.48. The Morgan fingerprint density at radius 2 is 1.74 bits per heavy atom. The summed E-state index contributed by atoms with van der Waals surface area (Å²) in [6, 6.07) is 16.7. The zero-order valence-electron chi connectivity index (χ0n) is 26.9. The lowest BCUT2D eigenvalue weighted by molar-refractivity contribution is -0.137. The van der Waals surface area contributed by atoms with E-state index in [1.54, 1.807) is 12.1 Å². The number of likely N-dealkylation sites (tertiary alicyclic amines) is 1. The predicted octanol–water partition coefficient (Wildman–Crippen LogP) is 4.87. The van der Waals surface area contributed by atoms with Crippen LogP contribution in [0, 0.1) is 0 Å². The molecule has 2 aromatic carbocycles. The van der Waals surface area contributed by atoms with E-state index < -0.39 is 33.4 Å². The van der Waals surface area contributed by atoms with Crippen LogP contribution in [0.4, 0.5) is 41.2 Å². The molecule has 262 valence electrons. The van der Waals surface area contributed by atoms with Crippen molar-refractivity contribution in [3.05, 3.63) is 89.2 Å². The number of hydrogen-bond donors (Lipinski definition) is 3. The Morgan fingerprint density at radius 1 is 0.980 bits per heavy atom. The number of halogens is 3. The highest BCUT2D eigenvalue weighted by Gasteiger charge is 2.35. The maximum atomic E-state index is 13.8. The van der Waals surface area contributed by atoms with Crippen LogP contribution < -0.4 is 20.9 Å². The number of benzene rings is 2. The van der Waals surface area contributed by atoms with Crippen molar-refractivity contribution in [2.45, 2.75) is 49.3 Å². The Balaban J connectivity index is 1.03. The number of carbonyl (C=O) groups is 2. The molecular formula is C33H34F3N9O4S. The number of urea groups is 1. The molecule has 2 aromatic heterocycles. The highest BCUT2D eigenvalue weighted by Crippen LogP contribution is 2.35. The van der Waals surface area contributed by atoms with E-state index >= 15 is 0 Å². The standard InChI is InChI=1S/C33H34F3N9O4S/c1-50(48,49)26-4-2-3-21(17-26)18-37-30-27(33(34,35)36)19-38-31(41-30)39-24-7-5-22(6-8-24)23-11-14-44(15-12-23)20-25-9-10-28(43-42-25)45-16-13-29(46)40-32(45)47/h2-10,17,19,23H,11-16,18,20H2,1H3,(H,40,46,47)(H2,37,38,39,41). The number of piperidine rings is 1. The quantitative estimate of drug-likeness (QED) is 0.206. The zero-order chi connectivity index (χ0) is 35.5. The van der Waals surface area contributed by atoms with Gasteiger partial charge >= 0.3 is 12.2 Å². The number of nitrogens with zero attached hydrogens (tertiary/aromatic N) is 6. The monoisotopic (exact) mass is 709 g/mol. The Hall–Kier alpha value is -5.16. The molecule has 3 N–H and O–H groups in total. The van der Waals surface area contributed by atoms with Gasteiger partial charge < -0.3 is 10.6 Å². The van der Waals surface area contributed by atoms with Crippen molar-refractivity contribution in [1.82, 2.24) is 30.4 Å². The molecule has 50 heavy (non-hydrogen) atoms. The molecule has 0 saturated carbocycles. The largest absolute Gasteiger partial charge is 0.421 e. The summed E-state index contributed by atoms with van der Waals surface area (Å²) < 4.78 is 65.1. The third kappa shape index (κ3) is 8.52. The van der Waals surface area contributed by atoms with Crippen molar-refractivity contribution >= 4 is 45.0 Å². The summed E-state index contributed by atoms with van der Waals surface area (Å²) in [5, 5.41) is 16.4. The molecule has 2 saturated heterocycles. The number of aromatic nitrogens is 4. The average Bonchev–Trinajstić information content (AvgIpc) is 3.08. The molecular weight excluding hydrogens is 675 g/mol. The topological polar surface area (TPSA) is 162 Å². The third-order valence-corrected chi connectivity index (χ3v) is 9.64.